The molecule has 1 heterocycles. The summed E-state index contributed by atoms with van der Waals surface area (Å²) in [5.41, 5.74) is 0.548. The third-order valence-electron chi connectivity index (χ3n) is 3.30. The molecule has 0 saturated heterocycles. The van der Waals surface area contributed by atoms with Crippen LogP contribution in [0.2, 0.25) is 0 Å². The van der Waals surface area contributed by atoms with Gasteiger partial charge in [0, 0.05) is 19.2 Å². The van der Waals surface area contributed by atoms with Crippen molar-refractivity contribution in [3.05, 3.63) is 41.3 Å². The van der Waals surface area contributed by atoms with Crippen molar-refractivity contribution in [2.75, 3.05) is 21.3 Å². The van der Waals surface area contributed by atoms with Gasteiger partial charge in [-0.2, -0.15) is 4.98 Å². The van der Waals surface area contributed by atoms with Gasteiger partial charge in [-0.05, 0) is 32.2 Å². The molecule has 6 nitrogen and oxygen atoms in total. The predicted molar refractivity (Wildman–Crippen MR) is 77.8 cm³/mol. The maximum atomic E-state index is 13.8. The largest absolute Gasteiger partial charge is 0.497 e. The minimum atomic E-state index is -0.271. The van der Waals surface area contributed by atoms with Crippen LogP contribution in [0, 0.1) is 5.82 Å². The summed E-state index contributed by atoms with van der Waals surface area (Å²) in [6.07, 6.45) is -0.223. The van der Waals surface area contributed by atoms with E-state index in [1.165, 1.54) is 6.07 Å². The van der Waals surface area contributed by atoms with E-state index in [1.54, 1.807) is 26.4 Å². The summed E-state index contributed by atoms with van der Waals surface area (Å²) in [6, 6.07) is 4.67. The lowest BCUT2D eigenvalue weighted by Crippen LogP contribution is -2.18. The molecular weight excluding hydrogens is 289 g/mol. The normalized spacial score (nSPS) is 12.6. The van der Waals surface area contributed by atoms with Crippen molar-refractivity contribution in [1.29, 1.82) is 0 Å². The third kappa shape index (κ3) is 4.02. The zero-order chi connectivity index (χ0) is 16.1. The molecule has 0 bridgehead atoms. The van der Waals surface area contributed by atoms with Crippen LogP contribution < -0.4 is 4.74 Å². The van der Waals surface area contributed by atoms with Crippen molar-refractivity contribution < 1.29 is 18.4 Å². The van der Waals surface area contributed by atoms with Crippen molar-refractivity contribution >= 4 is 0 Å². The Bertz CT molecular complexity index is 618. The molecule has 2 rings (SSSR count). The standard InChI is InChI=1S/C15H20FN3O3/c1-10(20-3)15-17-14(22-18-15)9-19(2)8-11-7-12(21-4)5-6-13(11)16/h5-7,10H,8-9H2,1-4H3. The predicted octanol–water partition coefficient (Wildman–Crippen LogP) is 2.56. The van der Waals surface area contributed by atoms with Gasteiger partial charge in [-0.15, -0.1) is 0 Å². The van der Waals surface area contributed by atoms with Crippen molar-refractivity contribution in [3.63, 3.8) is 0 Å². The van der Waals surface area contributed by atoms with Gasteiger partial charge in [-0.1, -0.05) is 5.16 Å². The van der Waals surface area contributed by atoms with Gasteiger partial charge in [0.1, 0.15) is 17.7 Å². The van der Waals surface area contributed by atoms with Crippen LogP contribution in [0.5, 0.6) is 5.75 Å². The van der Waals surface area contributed by atoms with Crippen molar-refractivity contribution in [3.8, 4) is 5.75 Å². The molecule has 0 aliphatic rings. The van der Waals surface area contributed by atoms with Crippen LogP contribution in [0.1, 0.15) is 30.3 Å². The molecule has 0 amide bonds. The summed E-state index contributed by atoms with van der Waals surface area (Å²) >= 11 is 0. The molecule has 0 saturated carbocycles. The molecule has 0 radical (unpaired) electrons. The van der Waals surface area contributed by atoms with Gasteiger partial charge in [-0.25, -0.2) is 4.39 Å². The maximum absolute atomic E-state index is 13.8. The van der Waals surface area contributed by atoms with Gasteiger partial charge in [0.15, 0.2) is 5.82 Å². The highest BCUT2D eigenvalue weighted by Gasteiger charge is 2.15. The Morgan fingerprint density at radius 1 is 1.32 bits per heavy atom. The highest BCUT2D eigenvalue weighted by Crippen LogP contribution is 2.19. The molecule has 7 heteroatoms. The van der Waals surface area contributed by atoms with Crippen LogP contribution in [0.4, 0.5) is 4.39 Å². The summed E-state index contributed by atoms with van der Waals surface area (Å²) in [7, 11) is 4.98. The van der Waals surface area contributed by atoms with E-state index >= 15 is 0 Å². The average molecular weight is 309 g/mol. The first-order valence-electron chi connectivity index (χ1n) is 6.89. The van der Waals surface area contributed by atoms with Crippen molar-refractivity contribution in [1.82, 2.24) is 15.0 Å². The molecule has 2 aromatic rings. The van der Waals surface area contributed by atoms with E-state index in [0.29, 0.717) is 36.1 Å². The smallest absolute Gasteiger partial charge is 0.240 e. The fourth-order valence-corrected chi connectivity index (χ4v) is 1.98. The summed E-state index contributed by atoms with van der Waals surface area (Å²) < 4.78 is 29.2. The van der Waals surface area contributed by atoms with E-state index in [1.807, 2.05) is 18.9 Å². The summed E-state index contributed by atoms with van der Waals surface area (Å²) in [6.45, 7) is 2.66. The first-order valence-corrected chi connectivity index (χ1v) is 6.89. The number of benzene rings is 1. The quantitative estimate of drug-likeness (QED) is 0.783. The topological polar surface area (TPSA) is 60.6 Å². The Labute approximate surface area is 128 Å². The van der Waals surface area contributed by atoms with E-state index in [2.05, 4.69) is 10.1 Å². The SMILES string of the molecule is COc1ccc(F)c(CN(C)Cc2nc(C(C)OC)no2)c1. The second kappa shape index (κ2) is 7.33. The maximum Gasteiger partial charge on any atom is 0.240 e. The second-order valence-corrected chi connectivity index (χ2v) is 5.05. The van der Waals surface area contributed by atoms with Crippen molar-refractivity contribution in [2.45, 2.75) is 26.1 Å². The van der Waals surface area contributed by atoms with Crippen molar-refractivity contribution in [2.24, 2.45) is 0 Å². The third-order valence-corrected chi connectivity index (χ3v) is 3.30. The second-order valence-electron chi connectivity index (χ2n) is 5.05. The summed E-state index contributed by atoms with van der Waals surface area (Å²) in [5, 5.41) is 3.86. The molecule has 0 spiro atoms. The Balaban J connectivity index is 2.01. The van der Waals surface area contributed by atoms with E-state index in [9.17, 15) is 4.39 Å². The van der Waals surface area contributed by atoms with Gasteiger partial charge >= 0.3 is 0 Å². The Kier molecular flexibility index (Phi) is 5.46. The lowest BCUT2D eigenvalue weighted by molar-refractivity contribution is 0.109. The fourth-order valence-electron chi connectivity index (χ4n) is 1.98. The molecule has 0 fully saturated rings. The Morgan fingerprint density at radius 3 is 2.77 bits per heavy atom. The highest BCUT2D eigenvalue weighted by molar-refractivity contribution is 5.29. The van der Waals surface area contributed by atoms with Crippen LogP contribution in [0.3, 0.4) is 0 Å². The van der Waals surface area contributed by atoms with E-state index in [4.69, 9.17) is 14.0 Å². The highest BCUT2D eigenvalue weighted by atomic mass is 19.1. The van der Waals surface area contributed by atoms with Gasteiger partial charge in [-0.3, -0.25) is 4.90 Å². The average Bonchev–Trinajstić information content (AvgIpc) is 2.97. The Hall–Kier alpha value is -1.99. The molecule has 120 valence electrons. The van der Waals surface area contributed by atoms with Gasteiger partial charge < -0.3 is 14.0 Å². The summed E-state index contributed by atoms with van der Waals surface area (Å²) in [4.78, 5) is 6.14. The van der Waals surface area contributed by atoms with Crippen LogP contribution in [-0.4, -0.2) is 36.3 Å². The Morgan fingerprint density at radius 2 is 2.09 bits per heavy atom. The fraction of sp³-hybridized carbons (Fsp3) is 0.467. The first kappa shape index (κ1) is 16.4. The van der Waals surface area contributed by atoms with Crippen LogP contribution in [-0.2, 0) is 17.8 Å². The monoisotopic (exact) mass is 309 g/mol. The van der Waals surface area contributed by atoms with Crippen LogP contribution in [0.15, 0.2) is 22.7 Å². The zero-order valence-corrected chi connectivity index (χ0v) is 13.2. The van der Waals surface area contributed by atoms with E-state index in [-0.39, 0.29) is 11.9 Å². The number of hydrogen-bond acceptors (Lipinski definition) is 6. The minimum absolute atomic E-state index is 0.223. The molecule has 0 aliphatic heterocycles. The number of ether oxygens (including phenoxy) is 2. The number of rotatable bonds is 7. The lowest BCUT2D eigenvalue weighted by Gasteiger charge is -2.15. The number of methoxy groups -OCH3 is 2. The molecule has 1 unspecified atom stereocenters. The van der Waals surface area contributed by atoms with Gasteiger partial charge in [0.25, 0.3) is 0 Å². The van der Waals surface area contributed by atoms with Crippen LogP contribution >= 0.6 is 0 Å². The molecule has 1 aromatic carbocycles. The molecular formula is C15H20FN3O3. The number of halogens is 1. The number of aromatic nitrogens is 2. The molecule has 22 heavy (non-hydrogen) atoms. The molecule has 1 aromatic heterocycles. The van der Waals surface area contributed by atoms with Gasteiger partial charge in [0.2, 0.25) is 5.89 Å². The molecule has 0 N–H and O–H groups in total. The zero-order valence-electron chi connectivity index (χ0n) is 13.2. The van der Waals surface area contributed by atoms with E-state index in [0.717, 1.165) is 0 Å². The minimum Gasteiger partial charge on any atom is -0.497 e. The number of hydrogen-bond donors (Lipinski definition) is 0. The lowest BCUT2D eigenvalue weighted by atomic mass is 10.2. The number of nitrogens with zero attached hydrogens (tertiary/aromatic N) is 3. The first-order chi connectivity index (χ1) is 10.5. The van der Waals surface area contributed by atoms with Gasteiger partial charge in [0.05, 0.1) is 13.7 Å². The molecule has 1 atom stereocenters. The van der Waals surface area contributed by atoms with Crippen LogP contribution in [0.25, 0.3) is 0 Å². The molecule has 0 aliphatic carbocycles. The summed E-state index contributed by atoms with van der Waals surface area (Å²) in [5.74, 6) is 1.31. The van der Waals surface area contributed by atoms with E-state index < -0.39 is 0 Å².